The number of ether oxygens (including phenoxy) is 1. The molecule has 0 aliphatic heterocycles. The maximum atomic E-state index is 12.5. The molecule has 116 valence electrons. The molecule has 0 atom stereocenters. The maximum absolute atomic E-state index is 12.5. The van der Waals surface area contributed by atoms with Gasteiger partial charge in [-0.1, -0.05) is 29.3 Å². The summed E-state index contributed by atoms with van der Waals surface area (Å²) in [6.45, 7) is 5.28. The zero-order valence-electron chi connectivity index (χ0n) is 12.6. The van der Waals surface area contributed by atoms with Crippen molar-refractivity contribution in [2.24, 2.45) is 0 Å². The number of amides is 1. The van der Waals surface area contributed by atoms with Gasteiger partial charge in [0.05, 0.1) is 13.0 Å². The van der Waals surface area contributed by atoms with Crippen LogP contribution in [0.4, 0.5) is 0 Å². The van der Waals surface area contributed by atoms with Crippen LogP contribution in [0.1, 0.15) is 43.5 Å². The van der Waals surface area contributed by atoms with E-state index >= 15 is 0 Å². The van der Waals surface area contributed by atoms with E-state index in [-0.39, 0.29) is 18.3 Å². The lowest BCUT2D eigenvalue weighted by Crippen LogP contribution is -2.34. The van der Waals surface area contributed by atoms with Crippen LogP contribution in [0.25, 0.3) is 0 Å². The Balaban J connectivity index is 2.69. The molecule has 0 bridgehead atoms. The van der Waals surface area contributed by atoms with Gasteiger partial charge in [-0.05, 0) is 37.6 Å². The lowest BCUT2D eigenvalue weighted by molar-refractivity contribution is -0.143. The Bertz CT molecular complexity index is 459. The summed E-state index contributed by atoms with van der Waals surface area (Å²) in [7, 11) is 0. The van der Waals surface area contributed by atoms with Crippen molar-refractivity contribution in [2.45, 2.75) is 33.1 Å². The summed E-state index contributed by atoms with van der Waals surface area (Å²) in [5, 5.41) is 0. The Hall–Kier alpha value is -1.36. The van der Waals surface area contributed by atoms with Crippen molar-refractivity contribution in [3.8, 4) is 0 Å². The zero-order chi connectivity index (χ0) is 15.7. The van der Waals surface area contributed by atoms with Crippen molar-refractivity contribution >= 4 is 27.8 Å². The van der Waals surface area contributed by atoms with Crippen LogP contribution in [-0.4, -0.2) is 36.5 Å². The van der Waals surface area contributed by atoms with E-state index in [1.165, 1.54) is 0 Å². The molecule has 21 heavy (non-hydrogen) atoms. The molecule has 0 N–H and O–H groups in total. The molecule has 0 saturated carbocycles. The maximum Gasteiger partial charge on any atom is 0.307 e. The number of hydrogen-bond acceptors (Lipinski definition) is 3. The van der Waals surface area contributed by atoms with E-state index in [9.17, 15) is 9.59 Å². The molecule has 0 aliphatic rings. The minimum atomic E-state index is -0.261. The normalized spacial score (nSPS) is 10.2. The number of nitrogens with zero attached hydrogens (tertiary/aromatic N) is 1. The number of carbonyl (C=O) groups is 2. The van der Waals surface area contributed by atoms with Crippen molar-refractivity contribution in [2.75, 3.05) is 19.7 Å². The Kier molecular flexibility index (Phi) is 8.05. The molecule has 1 rings (SSSR count). The fourth-order valence-electron chi connectivity index (χ4n) is 1.90. The van der Waals surface area contributed by atoms with Gasteiger partial charge in [-0.3, -0.25) is 9.59 Å². The van der Waals surface area contributed by atoms with Gasteiger partial charge in [0, 0.05) is 23.1 Å². The first-order chi connectivity index (χ1) is 10.1. The van der Waals surface area contributed by atoms with E-state index in [1.54, 1.807) is 24.0 Å². The fraction of sp³-hybridized carbons (Fsp3) is 0.500. The van der Waals surface area contributed by atoms with Crippen LogP contribution in [0, 0.1) is 0 Å². The number of hydrogen-bond donors (Lipinski definition) is 0. The second-order valence-corrected chi connectivity index (χ2v) is 5.62. The van der Waals surface area contributed by atoms with E-state index in [1.807, 2.05) is 12.1 Å². The highest BCUT2D eigenvalue weighted by molar-refractivity contribution is 9.10. The number of benzene rings is 1. The predicted octanol–water partition coefficient (Wildman–Crippen LogP) is 3.64. The van der Waals surface area contributed by atoms with Gasteiger partial charge in [-0.15, -0.1) is 0 Å². The summed E-state index contributed by atoms with van der Waals surface area (Å²) < 4.78 is 5.85. The second kappa shape index (κ2) is 9.55. The van der Waals surface area contributed by atoms with Crippen molar-refractivity contribution in [1.82, 2.24) is 4.90 Å². The Morgan fingerprint density at radius 1 is 1.14 bits per heavy atom. The lowest BCUT2D eigenvalue weighted by Gasteiger charge is -2.22. The van der Waals surface area contributed by atoms with Gasteiger partial charge in [0.15, 0.2) is 0 Å². The molecule has 5 heteroatoms. The molecule has 1 amide bonds. The third-order valence-electron chi connectivity index (χ3n) is 3.05. The molecule has 0 unspecified atom stereocenters. The molecule has 0 fully saturated rings. The van der Waals surface area contributed by atoms with Crippen molar-refractivity contribution in [3.05, 3.63) is 34.3 Å². The topological polar surface area (TPSA) is 46.6 Å². The van der Waals surface area contributed by atoms with Gasteiger partial charge >= 0.3 is 5.97 Å². The number of esters is 1. The van der Waals surface area contributed by atoms with Crippen LogP contribution < -0.4 is 0 Å². The van der Waals surface area contributed by atoms with Crippen LogP contribution in [0.15, 0.2) is 28.7 Å². The highest BCUT2D eigenvalue weighted by Crippen LogP contribution is 2.13. The molecule has 0 spiro atoms. The number of carbonyl (C=O) groups excluding carboxylic acids is 2. The smallest absolute Gasteiger partial charge is 0.307 e. The molecule has 1 aromatic rings. The number of unbranched alkanes of at least 4 members (excludes halogenated alkanes) is 1. The molecule has 0 heterocycles. The highest BCUT2D eigenvalue weighted by atomic mass is 79.9. The van der Waals surface area contributed by atoms with E-state index in [0.717, 1.165) is 17.3 Å². The van der Waals surface area contributed by atoms with Crippen molar-refractivity contribution in [3.63, 3.8) is 0 Å². The van der Waals surface area contributed by atoms with Gasteiger partial charge < -0.3 is 9.64 Å². The van der Waals surface area contributed by atoms with Crippen LogP contribution in [-0.2, 0) is 9.53 Å². The van der Waals surface area contributed by atoms with E-state index < -0.39 is 0 Å². The molecule has 4 nitrogen and oxygen atoms in total. The third kappa shape index (κ3) is 6.29. The molecule has 0 radical (unpaired) electrons. The first kappa shape index (κ1) is 17.7. The van der Waals surface area contributed by atoms with Crippen LogP contribution >= 0.6 is 15.9 Å². The van der Waals surface area contributed by atoms with Crippen molar-refractivity contribution < 1.29 is 14.3 Å². The van der Waals surface area contributed by atoms with E-state index in [0.29, 0.717) is 25.3 Å². The summed E-state index contributed by atoms with van der Waals surface area (Å²) in [5.74, 6) is -0.303. The minimum Gasteiger partial charge on any atom is -0.466 e. The SMILES string of the molecule is CCCCN(CCC(=O)OCC)C(=O)c1ccc(Br)cc1. The zero-order valence-corrected chi connectivity index (χ0v) is 14.2. The number of halogens is 1. The van der Waals surface area contributed by atoms with Gasteiger partial charge in [0.1, 0.15) is 0 Å². The number of rotatable bonds is 8. The first-order valence-electron chi connectivity index (χ1n) is 7.29. The van der Waals surface area contributed by atoms with E-state index in [4.69, 9.17) is 4.74 Å². The molecule has 1 aromatic carbocycles. The van der Waals surface area contributed by atoms with Gasteiger partial charge in [-0.25, -0.2) is 0 Å². The first-order valence-corrected chi connectivity index (χ1v) is 8.08. The summed E-state index contributed by atoms with van der Waals surface area (Å²) >= 11 is 3.35. The lowest BCUT2D eigenvalue weighted by atomic mass is 10.2. The minimum absolute atomic E-state index is 0.0414. The largest absolute Gasteiger partial charge is 0.466 e. The van der Waals surface area contributed by atoms with Gasteiger partial charge in [0.2, 0.25) is 0 Å². The predicted molar refractivity (Wildman–Crippen MR) is 86.2 cm³/mol. The van der Waals surface area contributed by atoms with Gasteiger partial charge in [-0.2, -0.15) is 0 Å². The second-order valence-electron chi connectivity index (χ2n) is 4.71. The standard InChI is InChI=1S/C16H22BrNO3/c1-3-5-11-18(12-10-15(19)21-4-2)16(20)13-6-8-14(17)9-7-13/h6-9H,3-5,10-12H2,1-2H3. The highest BCUT2D eigenvalue weighted by Gasteiger charge is 2.16. The average Bonchev–Trinajstić information content (AvgIpc) is 2.48. The average molecular weight is 356 g/mol. The van der Waals surface area contributed by atoms with Crippen LogP contribution in [0.5, 0.6) is 0 Å². The van der Waals surface area contributed by atoms with Gasteiger partial charge in [0.25, 0.3) is 5.91 Å². The fourth-order valence-corrected chi connectivity index (χ4v) is 2.16. The van der Waals surface area contributed by atoms with Crippen LogP contribution in [0.2, 0.25) is 0 Å². The van der Waals surface area contributed by atoms with E-state index in [2.05, 4.69) is 22.9 Å². The Morgan fingerprint density at radius 2 is 1.81 bits per heavy atom. The summed E-state index contributed by atoms with van der Waals surface area (Å²) in [6, 6.07) is 7.26. The monoisotopic (exact) mass is 355 g/mol. The Labute approximate surface area is 134 Å². The molecule has 0 aromatic heterocycles. The third-order valence-corrected chi connectivity index (χ3v) is 3.58. The molecular weight excluding hydrogens is 334 g/mol. The quantitative estimate of drug-likeness (QED) is 0.668. The van der Waals surface area contributed by atoms with Crippen LogP contribution in [0.3, 0.4) is 0 Å². The summed E-state index contributed by atoms with van der Waals surface area (Å²) in [4.78, 5) is 25.7. The Morgan fingerprint density at radius 3 is 2.38 bits per heavy atom. The molecular formula is C16H22BrNO3. The van der Waals surface area contributed by atoms with Crippen molar-refractivity contribution in [1.29, 1.82) is 0 Å². The molecule has 0 aliphatic carbocycles. The summed E-state index contributed by atoms with van der Waals surface area (Å²) in [6.07, 6.45) is 2.16. The summed E-state index contributed by atoms with van der Waals surface area (Å²) in [5.41, 5.74) is 0.637. The molecule has 0 saturated heterocycles.